The molecule has 13 heteroatoms. The van der Waals surface area contributed by atoms with Crippen LogP contribution < -0.4 is 35.0 Å². The van der Waals surface area contributed by atoms with Crippen LogP contribution in [0.2, 0.25) is 0 Å². The highest BCUT2D eigenvalue weighted by Gasteiger charge is 2.19. The Bertz CT molecular complexity index is 1800. The number of sulfonamides is 1. The molecule has 0 bridgehead atoms. The van der Waals surface area contributed by atoms with Gasteiger partial charge in [-0.1, -0.05) is 68.5 Å². The van der Waals surface area contributed by atoms with E-state index in [1.54, 1.807) is 26.4 Å². The fraction of sp³-hybridized carbons (Fsp3) is 0.486. The number of unbranched alkanes of at least 4 members (excludes halogenated alkanes) is 3. The summed E-state index contributed by atoms with van der Waals surface area (Å²) in [5, 5.41) is 11.8. The van der Waals surface area contributed by atoms with Gasteiger partial charge in [0.2, 0.25) is 27.9 Å². The van der Waals surface area contributed by atoms with Crippen molar-refractivity contribution in [3.8, 4) is 11.5 Å². The predicted octanol–water partition coefficient (Wildman–Crippen LogP) is 6.66. The van der Waals surface area contributed by atoms with Crippen LogP contribution in [0.3, 0.4) is 0 Å². The molecule has 50 heavy (non-hydrogen) atoms. The van der Waals surface area contributed by atoms with Gasteiger partial charge in [-0.25, -0.2) is 13.1 Å². The molecule has 3 aromatic carbocycles. The number of benzene rings is 3. The van der Waals surface area contributed by atoms with Crippen LogP contribution in [0.4, 0.5) is 23.5 Å². The number of nitrogens with zero attached hydrogens (tertiary/aromatic N) is 4. The Kier molecular flexibility index (Phi) is 13.3. The fourth-order valence-corrected chi connectivity index (χ4v) is 7.78. The monoisotopic (exact) mass is 704 g/mol. The molecule has 1 aliphatic carbocycles. The summed E-state index contributed by atoms with van der Waals surface area (Å²) in [4.78, 5) is 16.3. The third kappa shape index (κ3) is 9.87. The van der Waals surface area contributed by atoms with Crippen molar-refractivity contribution in [3.05, 3.63) is 60.2 Å². The minimum absolute atomic E-state index is 0.310. The molecule has 0 aliphatic heterocycles. The summed E-state index contributed by atoms with van der Waals surface area (Å²) in [6, 6.07) is 17.0. The van der Waals surface area contributed by atoms with E-state index in [1.165, 1.54) is 32.1 Å². The number of aromatic nitrogens is 3. The Hall–Kier alpha value is -4.36. The average Bonchev–Trinajstić information content (AvgIpc) is 3.13. The molecule has 0 spiro atoms. The Balaban J connectivity index is 1.12. The van der Waals surface area contributed by atoms with Gasteiger partial charge in [-0.3, -0.25) is 0 Å². The number of anilines is 4. The van der Waals surface area contributed by atoms with Crippen LogP contribution in [0, 0.1) is 5.92 Å². The Morgan fingerprint density at radius 2 is 1.40 bits per heavy atom. The quantitative estimate of drug-likeness (QED) is 0.0778. The van der Waals surface area contributed by atoms with E-state index in [0.29, 0.717) is 59.8 Å². The second-order valence-electron chi connectivity index (χ2n) is 13.0. The van der Waals surface area contributed by atoms with Crippen LogP contribution in [0.15, 0.2) is 59.5 Å². The van der Waals surface area contributed by atoms with E-state index < -0.39 is 10.0 Å². The van der Waals surface area contributed by atoms with Gasteiger partial charge < -0.3 is 30.3 Å². The van der Waals surface area contributed by atoms with Crippen LogP contribution in [-0.2, 0) is 16.6 Å². The minimum atomic E-state index is -3.64. The van der Waals surface area contributed by atoms with Crippen molar-refractivity contribution < 1.29 is 17.9 Å². The van der Waals surface area contributed by atoms with Crippen LogP contribution in [0.25, 0.3) is 10.8 Å². The molecule has 0 unspecified atom stereocenters. The smallest absolute Gasteiger partial charge is 0.241 e. The molecule has 1 heterocycles. The topological polar surface area (TPSA) is 143 Å². The van der Waals surface area contributed by atoms with Crippen molar-refractivity contribution in [1.29, 1.82) is 0 Å². The first-order chi connectivity index (χ1) is 24.3. The van der Waals surface area contributed by atoms with E-state index in [0.717, 1.165) is 54.3 Å². The number of rotatable bonds is 19. The summed E-state index contributed by atoms with van der Waals surface area (Å²) < 4.78 is 40.3. The maximum absolute atomic E-state index is 13.2. The molecule has 0 atom stereocenters. The van der Waals surface area contributed by atoms with Crippen LogP contribution in [-0.4, -0.2) is 71.3 Å². The van der Waals surface area contributed by atoms with Crippen molar-refractivity contribution in [2.24, 2.45) is 5.92 Å². The number of nitrogens with one attached hydrogen (secondary N) is 4. The molecule has 4 aromatic rings. The highest BCUT2D eigenvalue weighted by atomic mass is 32.2. The second-order valence-corrected chi connectivity index (χ2v) is 14.7. The highest BCUT2D eigenvalue weighted by Crippen LogP contribution is 2.32. The predicted molar refractivity (Wildman–Crippen MR) is 202 cm³/mol. The largest absolute Gasteiger partial charge is 0.493 e. The molecule has 0 radical (unpaired) electrons. The first kappa shape index (κ1) is 36.9. The van der Waals surface area contributed by atoms with Crippen molar-refractivity contribution in [2.45, 2.75) is 69.2 Å². The van der Waals surface area contributed by atoms with Crippen LogP contribution in [0.1, 0.15) is 63.4 Å². The maximum atomic E-state index is 13.2. The van der Waals surface area contributed by atoms with Crippen molar-refractivity contribution >= 4 is 44.3 Å². The average molecular weight is 705 g/mol. The molecule has 270 valence electrons. The molecule has 1 aromatic heterocycles. The van der Waals surface area contributed by atoms with Crippen molar-refractivity contribution in [3.63, 3.8) is 0 Å². The third-order valence-electron chi connectivity index (χ3n) is 9.14. The van der Waals surface area contributed by atoms with Gasteiger partial charge in [0.25, 0.3) is 0 Å². The van der Waals surface area contributed by atoms with Crippen LogP contribution >= 0.6 is 0 Å². The van der Waals surface area contributed by atoms with Gasteiger partial charge in [0.15, 0.2) is 11.5 Å². The zero-order valence-corrected chi connectivity index (χ0v) is 30.6. The summed E-state index contributed by atoms with van der Waals surface area (Å²) in [5.41, 5.74) is 1.91. The molecular weight excluding hydrogens is 653 g/mol. The summed E-state index contributed by atoms with van der Waals surface area (Å²) in [7, 11) is 3.53. The van der Waals surface area contributed by atoms with Crippen LogP contribution in [0.5, 0.6) is 11.5 Å². The summed E-state index contributed by atoms with van der Waals surface area (Å²) in [5.74, 6) is 3.49. The first-order valence-corrected chi connectivity index (χ1v) is 19.1. The molecule has 12 nitrogen and oxygen atoms in total. The SMILES string of the molecule is COc1cccc(CNc2nc(NCCCCCCNS(=O)(=O)c3cccc4c(N(C)C)cccc34)nc(NCC3CCCCC3)n2)c1OC. The molecule has 1 fully saturated rings. The summed E-state index contributed by atoms with van der Waals surface area (Å²) in [6.07, 6.45) is 9.80. The highest BCUT2D eigenvalue weighted by molar-refractivity contribution is 7.89. The number of hydrogen-bond donors (Lipinski definition) is 4. The van der Waals surface area contributed by atoms with Gasteiger partial charge in [-0.15, -0.1) is 0 Å². The lowest BCUT2D eigenvalue weighted by molar-refractivity contribution is 0.352. The van der Waals surface area contributed by atoms with E-state index in [1.807, 2.05) is 61.5 Å². The molecule has 1 saturated carbocycles. The number of para-hydroxylation sites is 1. The Labute approximate surface area is 296 Å². The summed E-state index contributed by atoms with van der Waals surface area (Å²) >= 11 is 0. The molecular formula is C37H52N8O4S. The number of methoxy groups -OCH3 is 2. The van der Waals surface area contributed by atoms with Gasteiger partial charge in [0, 0.05) is 62.3 Å². The van der Waals surface area contributed by atoms with E-state index in [2.05, 4.69) is 35.6 Å². The lowest BCUT2D eigenvalue weighted by Crippen LogP contribution is -2.25. The minimum Gasteiger partial charge on any atom is -0.493 e. The third-order valence-corrected chi connectivity index (χ3v) is 10.7. The van der Waals surface area contributed by atoms with Crippen molar-refractivity contribution in [1.82, 2.24) is 19.7 Å². The van der Waals surface area contributed by atoms with E-state index in [9.17, 15) is 8.42 Å². The zero-order chi connectivity index (χ0) is 35.3. The second kappa shape index (κ2) is 18.0. The van der Waals surface area contributed by atoms with Gasteiger partial charge in [-0.05, 0) is 49.8 Å². The number of hydrogen-bond acceptors (Lipinski definition) is 11. The van der Waals surface area contributed by atoms with Gasteiger partial charge in [0.1, 0.15) is 0 Å². The summed E-state index contributed by atoms with van der Waals surface area (Å²) in [6.45, 7) is 2.36. The van der Waals surface area contributed by atoms with Gasteiger partial charge in [0.05, 0.1) is 19.1 Å². The lowest BCUT2D eigenvalue weighted by Gasteiger charge is -2.22. The molecule has 0 amide bonds. The van der Waals surface area contributed by atoms with E-state index in [-0.39, 0.29) is 0 Å². The number of fused-ring (bicyclic) bond motifs is 1. The molecule has 4 N–H and O–H groups in total. The first-order valence-electron chi connectivity index (χ1n) is 17.7. The molecule has 1 aliphatic rings. The standard InChI is InChI=1S/C37H52N8O4S/c1-45(2)31-20-13-19-30-29(31)18-14-22-33(30)50(46,47)41-24-11-6-5-10-23-38-35-42-36(39-25-27-15-8-7-9-16-27)44-37(43-35)40-26-28-17-12-21-32(48-3)34(28)49-4/h12-14,17-22,27,41H,5-11,15-16,23-26H2,1-4H3,(H3,38,39,40,42,43,44). The van der Waals surface area contributed by atoms with Gasteiger partial charge in [-0.2, -0.15) is 15.0 Å². The zero-order valence-electron chi connectivity index (χ0n) is 29.8. The fourth-order valence-electron chi connectivity index (χ4n) is 6.48. The van der Waals surface area contributed by atoms with Gasteiger partial charge >= 0.3 is 0 Å². The molecule has 5 rings (SSSR count). The van der Waals surface area contributed by atoms with E-state index in [4.69, 9.17) is 9.47 Å². The Morgan fingerprint density at radius 3 is 2.12 bits per heavy atom. The maximum Gasteiger partial charge on any atom is 0.241 e. The normalized spacial score (nSPS) is 13.6. The Morgan fingerprint density at radius 1 is 0.740 bits per heavy atom. The number of ether oxygens (including phenoxy) is 2. The van der Waals surface area contributed by atoms with Crippen molar-refractivity contribution in [2.75, 3.05) is 68.8 Å². The van der Waals surface area contributed by atoms with E-state index >= 15 is 0 Å². The molecule has 0 saturated heterocycles. The lowest BCUT2D eigenvalue weighted by atomic mass is 9.89.